The van der Waals surface area contributed by atoms with Crippen LogP contribution in [0.3, 0.4) is 0 Å². The Balaban J connectivity index is 1.76. The zero-order chi connectivity index (χ0) is 28.8. The summed E-state index contributed by atoms with van der Waals surface area (Å²) in [5.74, 6) is -8.65. The zero-order valence-corrected chi connectivity index (χ0v) is 22.6. The van der Waals surface area contributed by atoms with Crippen molar-refractivity contribution in [1.82, 2.24) is 4.90 Å². The number of aliphatic hydroxyl groups is 4. The molecule has 10 heteroatoms. The van der Waals surface area contributed by atoms with Crippen LogP contribution in [-0.4, -0.2) is 79.7 Å². The Morgan fingerprint density at radius 2 is 1.69 bits per heavy atom. The number of fused-ring (bicyclic) bond motifs is 3. The van der Waals surface area contributed by atoms with Gasteiger partial charge in [0.25, 0.3) is 5.91 Å². The summed E-state index contributed by atoms with van der Waals surface area (Å²) in [6, 6.07) is 2.26. The van der Waals surface area contributed by atoms with Gasteiger partial charge in [-0.1, -0.05) is 45.2 Å². The number of aromatic hydroxyl groups is 1. The fourth-order valence-corrected chi connectivity index (χ4v) is 7.70. The van der Waals surface area contributed by atoms with Crippen molar-refractivity contribution in [2.75, 3.05) is 14.1 Å². The summed E-state index contributed by atoms with van der Waals surface area (Å²) in [5, 5.41) is 57.5. The summed E-state index contributed by atoms with van der Waals surface area (Å²) >= 11 is 0. The third kappa shape index (κ3) is 3.47. The number of amides is 1. The summed E-state index contributed by atoms with van der Waals surface area (Å²) in [6.07, 6.45) is 3.19. The molecule has 2 fully saturated rings. The first-order valence-electron chi connectivity index (χ1n) is 13.4. The molecular weight excluding hydrogens is 504 g/mol. The molecule has 4 aliphatic carbocycles. The van der Waals surface area contributed by atoms with Crippen LogP contribution in [0, 0.1) is 11.8 Å². The molecule has 1 aromatic rings. The fourth-order valence-electron chi connectivity index (χ4n) is 7.70. The minimum absolute atomic E-state index is 0.0512. The highest BCUT2D eigenvalue weighted by molar-refractivity contribution is 6.24. The third-order valence-corrected chi connectivity index (χ3v) is 9.74. The lowest BCUT2D eigenvalue weighted by Crippen LogP contribution is -2.70. The molecule has 210 valence electrons. The van der Waals surface area contributed by atoms with Gasteiger partial charge in [-0.25, -0.2) is 0 Å². The number of hydrogen-bond acceptors (Lipinski definition) is 9. The number of benzene rings is 1. The fraction of sp³-hybridized carbons (Fsp3) is 0.552. The van der Waals surface area contributed by atoms with E-state index >= 15 is 0 Å². The number of nitrogens with two attached hydrogens (primary N) is 1. The number of aliphatic hydroxyl groups excluding tert-OH is 3. The maximum atomic E-state index is 14.1. The largest absolute Gasteiger partial charge is 0.508 e. The summed E-state index contributed by atoms with van der Waals surface area (Å²) in [4.78, 5) is 40.9. The molecule has 0 radical (unpaired) electrons. The second kappa shape index (κ2) is 8.90. The lowest BCUT2D eigenvalue weighted by molar-refractivity contribution is -0.169. The minimum Gasteiger partial charge on any atom is -0.508 e. The molecule has 1 amide bonds. The van der Waals surface area contributed by atoms with Crippen LogP contribution < -0.4 is 5.73 Å². The smallest absolute Gasteiger partial charge is 0.255 e. The Bertz CT molecular complexity index is 1350. The number of ketones is 2. The lowest BCUT2D eigenvalue weighted by atomic mass is 9.54. The van der Waals surface area contributed by atoms with Gasteiger partial charge >= 0.3 is 0 Å². The van der Waals surface area contributed by atoms with Crippen LogP contribution in [-0.2, 0) is 19.8 Å². The molecule has 0 saturated heterocycles. The Hall–Kier alpha value is -3.21. The van der Waals surface area contributed by atoms with Crippen molar-refractivity contribution in [3.8, 4) is 5.75 Å². The monoisotopic (exact) mass is 540 g/mol. The maximum absolute atomic E-state index is 14.1. The number of nitrogens with zero attached hydrogens (tertiary/aromatic N) is 1. The number of hydrogen-bond donors (Lipinski definition) is 6. The highest BCUT2D eigenvalue weighted by Gasteiger charge is 2.68. The van der Waals surface area contributed by atoms with Gasteiger partial charge in [0.2, 0.25) is 5.78 Å². The van der Waals surface area contributed by atoms with Crippen LogP contribution in [0.25, 0.3) is 5.76 Å². The van der Waals surface area contributed by atoms with Crippen LogP contribution in [0.1, 0.15) is 68.6 Å². The lowest BCUT2D eigenvalue weighted by Gasteiger charge is -2.53. The first kappa shape index (κ1) is 27.4. The van der Waals surface area contributed by atoms with E-state index in [-0.39, 0.29) is 22.3 Å². The predicted molar refractivity (Wildman–Crippen MR) is 141 cm³/mol. The van der Waals surface area contributed by atoms with Crippen LogP contribution >= 0.6 is 0 Å². The zero-order valence-electron chi connectivity index (χ0n) is 22.6. The molecule has 10 nitrogen and oxygen atoms in total. The third-order valence-electron chi connectivity index (χ3n) is 9.74. The Kier molecular flexibility index (Phi) is 6.25. The molecule has 0 aromatic heterocycles. The number of rotatable bonds is 3. The number of Topliss-reactive ketones (excluding diaryl/α,β-unsaturated/α-hetero) is 2. The molecule has 4 aliphatic rings. The molecule has 0 aliphatic heterocycles. The van der Waals surface area contributed by atoms with E-state index in [4.69, 9.17) is 5.73 Å². The second-order valence-corrected chi connectivity index (χ2v) is 12.1. The van der Waals surface area contributed by atoms with Gasteiger partial charge in [-0.05, 0) is 43.8 Å². The topological polar surface area (TPSA) is 182 Å². The van der Waals surface area contributed by atoms with Crippen molar-refractivity contribution in [2.45, 2.75) is 75.0 Å². The average Bonchev–Trinajstić information content (AvgIpc) is 2.86. The molecular formula is C29H36N2O8. The van der Waals surface area contributed by atoms with Gasteiger partial charge < -0.3 is 31.3 Å². The highest BCUT2D eigenvalue weighted by atomic mass is 16.4. The molecule has 1 aromatic carbocycles. The van der Waals surface area contributed by atoms with E-state index in [1.54, 1.807) is 13.0 Å². The summed E-state index contributed by atoms with van der Waals surface area (Å²) < 4.78 is 0. The number of phenols is 1. The van der Waals surface area contributed by atoms with E-state index in [2.05, 4.69) is 6.92 Å². The van der Waals surface area contributed by atoms with Crippen molar-refractivity contribution in [3.05, 3.63) is 45.7 Å². The Labute approximate surface area is 226 Å². The normalized spacial score (nSPS) is 34.1. The van der Waals surface area contributed by atoms with Crippen molar-refractivity contribution in [3.63, 3.8) is 0 Å². The van der Waals surface area contributed by atoms with E-state index in [1.807, 2.05) is 6.07 Å². The van der Waals surface area contributed by atoms with Gasteiger partial charge in [-0.3, -0.25) is 19.3 Å². The first-order valence-corrected chi connectivity index (χ1v) is 13.4. The molecule has 39 heavy (non-hydrogen) atoms. The quantitative estimate of drug-likeness (QED) is 0.311. The first-order chi connectivity index (χ1) is 18.2. The molecule has 2 saturated carbocycles. The summed E-state index contributed by atoms with van der Waals surface area (Å²) in [7, 11) is 2.96. The van der Waals surface area contributed by atoms with Crippen molar-refractivity contribution < 1.29 is 39.9 Å². The number of primary amides is 1. The minimum atomic E-state index is -2.91. The number of phenolic OH excluding ortho intramolecular Hbond substituents is 1. The van der Waals surface area contributed by atoms with Crippen LogP contribution in [0.15, 0.2) is 29.0 Å². The molecule has 7 N–H and O–H groups in total. The molecule has 0 bridgehead atoms. The molecule has 6 atom stereocenters. The van der Waals surface area contributed by atoms with Gasteiger partial charge in [0, 0.05) is 17.1 Å². The van der Waals surface area contributed by atoms with Crippen LogP contribution in [0.2, 0.25) is 0 Å². The van der Waals surface area contributed by atoms with E-state index in [9.17, 15) is 39.9 Å². The molecule has 0 heterocycles. The average molecular weight is 541 g/mol. The van der Waals surface area contributed by atoms with E-state index in [0.29, 0.717) is 11.1 Å². The molecule has 0 spiro atoms. The maximum Gasteiger partial charge on any atom is 0.255 e. The van der Waals surface area contributed by atoms with Gasteiger partial charge in [0.05, 0.1) is 23.6 Å². The van der Waals surface area contributed by atoms with Gasteiger partial charge in [-0.2, -0.15) is 0 Å². The van der Waals surface area contributed by atoms with Crippen molar-refractivity contribution in [2.24, 2.45) is 17.6 Å². The van der Waals surface area contributed by atoms with Gasteiger partial charge in [0.1, 0.15) is 22.8 Å². The van der Waals surface area contributed by atoms with Crippen LogP contribution in [0.4, 0.5) is 0 Å². The van der Waals surface area contributed by atoms with Gasteiger partial charge in [-0.15, -0.1) is 0 Å². The van der Waals surface area contributed by atoms with Crippen molar-refractivity contribution in [1.29, 1.82) is 0 Å². The molecule has 5 rings (SSSR count). The van der Waals surface area contributed by atoms with E-state index in [1.165, 1.54) is 19.0 Å². The number of carbonyl (C=O) groups excluding carboxylic acids is 3. The Morgan fingerprint density at radius 3 is 2.26 bits per heavy atom. The van der Waals surface area contributed by atoms with E-state index in [0.717, 1.165) is 32.1 Å². The predicted octanol–water partition coefficient (Wildman–Crippen LogP) is 1.72. The van der Waals surface area contributed by atoms with Crippen LogP contribution in [0.5, 0.6) is 5.75 Å². The number of likely N-dealkylation sites (N-methyl/N-ethyl adjacent to an activating group) is 1. The SMILES string of the molecule is C[C@H]1c2ccc(C3(C)CCCCC3)c(O)c2C(O)=C2C(=O)[C@]3(O)C(O)=C(C(N)=O)C(=O)C(N(C)C)[C@@H]3[C@@H](O)[C@@H]21. The number of carbonyl (C=O) groups is 3. The summed E-state index contributed by atoms with van der Waals surface area (Å²) in [5.41, 5.74) is 2.03. The van der Waals surface area contributed by atoms with Crippen molar-refractivity contribution >= 4 is 23.2 Å². The Morgan fingerprint density at radius 1 is 1.08 bits per heavy atom. The van der Waals surface area contributed by atoms with Gasteiger partial charge in [0.15, 0.2) is 11.4 Å². The standard InChI is InChI=1S/C29H36N2O8/c1-12-13-8-9-14(28(2)10-6-5-7-11-28)21(32)16(13)22(33)17-15(12)23(34)19-20(31(3)4)24(35)18(27(30)38)26(37)29(19,39)25(17)36/h8-9,12,15,19-20,23,32-34,37,39H,5-7,10-11H2,1-4H3,(H2,30,38)/t12-,15+,19+,20?,23-,29-/m0/s1. The highest BCUT2D eigenvalue weighted by Crippen LogP contribution is 2.57. The van der Waals surface area contributed by atoms with E-state index < -0.39 is 70.1 Å². The second-order valence-electron chi connectivity index (χ2n) is 12.1. The molecule has 1 unspecified atom stereocenters. The summed E-state index contributed by atoms with van der Waals surface area (Å²) in [6.45, 7) is 3.79.